The third-order valence-electron chi connectivity index (χ3n) is 4.07. The molecule has 2 aromatic rings. The molecule has 3 nitrogen and oxygen atoms in total. The van der Waals surface area contributed by atoms with Crippen LogP contribution in [0.15, 0.2) is 34.9 Å². The molecular formula is C16H19NO2. The van der Waals surface area contributed by atoms with E-state index in [-0.39, 0.29) is 5.78 Å². The Balaban J connectivity index is 1.80. The van der Waals surface area contributed by atoms with E-state index in [0.29, 0.717) is 18.2 Å². The minimum Gasteiger partial charge on any atom is -0.464 e. The summed E-state index contributed by atoms with van der Waals surface area (Å²) in [6.07, 6.45) is 5.27. The number of piperidine rings is 1. The summed E-state index contributed by atoms with van der Waals surface area (Å²) in [5.74, 6) is 0.165. The molecule has 1 fully saturated rings. The summed E-state index contributed by atoms with van der Waals surface area (Å²) in [6.45, 7) is 3.74. The van der Waals surface area contributed by atoms with Crippen molar-refractivity contribution in [1.82, 2.24) is 4.90 Å². The molecule has 0 saturated carbocycles. The number of Topliss-reactive ketones (excluding diaryl/α,β-unsaturated/α-hetero) is 1. The monoisotopic (exact) mass is 257 g/mol. The SMILES string of the molecule is CC1CCCCN1CC(=O)c1coc2ccccc12. The number of likely N-dealkylation sites (tertiary alicyclic amines) is 1. The minimum absolute atomic E-state index is 0.165. The molecule has 2 heterocycles. The van der Waals surface area contributed by atoms with Crippen LogP contribution in [0, 0.1) is 0 Å². The predicted octanol–water partition coefficient (Wildman–Crippen LogP) is 3.49. The zero-order valence-corrected chi connectivity index (χ0v) is 11.3. The first-order valence-corrected chi connectivity index (χ1v) is 6.99. The van der Waals surface area contributed by atoms with Gasteiger partial charge in [-0.25, -0.2) is 0 Å². The second kappa shape index (κ2) is 5.17. The van der Waals surface area contributed by atoms with Crippen LogP contribution in [0.3, 0.4) is 0 Å². The number of fused-ring (bicyclic) bond motifs is 1. The van der Waals surface area contributed by atoms with Crippen LogP contribution in [0.1, 0.15) is 36.5 Å². The predicted molar refractivity (Wildman–Crippen MR) is 75.4 cm³/mol. The van der Waals surface area contributed by atoms with Crippen molar-refractivity contribution in [3.05, 3.63) is 36.1 Å². The van der Waals surface area contributed by atoms with E-state index in [2.05, 4.69) is 11.8 Å². The first-order chi connectivity index (χ1) is 9.25. The molecule has 1 aliphatic heterocycles. The Bertz CT molecular complexity index is 587. The number of carbonyl (C=O) groups is 1. The van der Waals surface area contributed by atoms with E-state index in [0.717, 1.165) is 17.5 Å². The average molecular weight is 257 g/mol. The second-order valence-corrected chi connectivity index (χ2v) is 5.38. The number of furan rings is 1. The normalized spacial score (nSPS) is 20.8. The Morgan fingerprint density at radius 3 is 3.05 bits per heavy atom. The van der Waals surface area contributed by atoms with Gasteiger partial charge in [-0.15, -0.1) is 0 Å². The van der Waals surface area contributed by atoms with Gasteiger partial charge in [0.15, 0.2) is 5.78 Å². The third kappa shape index (κ3) is 2.43. The van der Waals surface area contributed by atoms with Crippen molar-refractivity contribution in [3.63, 3.8) is 0 Å². The molecule has 0 amide bonds. The standard InChI is InChI=1S/C16H19NO2/c1-12-6-4-5-9-17(12)10-15(18)14-11-19-16-8-3-2-7-13(14)16/h2-3,7-8,11-12H,4-6,9-10H2,1H3. The number of rotatable bonds is 3. The molecule has 0 aliphatic carbocycles. The summed E-state index contributed by atoms with van der Waals surface area (Å²) in [5.41, 5.74) is 1.51. The number of nitrogens with zero attached hydrogens (tertiary/aromatic N) is 1. The molecule has 1 atom stereocenters. The molecule has 0 bridgehead atoms. The van der Waals surface area contributed by atoms with Crippen molar-refractivity contribution < 1.29 is 9.21 Å². The quantitative estimate of drug-likeness (QED) is 0.789. The highest BCUT2D eigenvalue weighted by Gasteiger charge is 2.22. The van der Waals surface area contributed by atoms with Gasteiger partial charge in [-0.1, -0.05) is 24.6 Å². The smallest absolute Gasteiger partial charge is 0.180 e. The lowest BCUT2D eigenvalue weighted by atomic mass is 10.0. The number of ketones is 1. The van der Waals surface area contributed by atoms with Crippen molar-refractivity contribution in [3.8, 4) is 0 Å². The fraction of sp³-hybridized carbons (Fsp3) is 0.438. The number of hydrogen-bond donors (Lipinski definition) is 0. The fourth-order valence-electron chi connectivity index (χ4n) is 2.86. The lowest BCUT2D eigenvalue weighted by molar-refractivity contribution is 0.0861. The highest BCUT2D eigenvalue weighted by atomic mass is 16.3. The number of benzene rings is 1. The highest BCUT2D eigenvalue weighted by Crippen LogP contribution is 2.23. The van der Waals surface area contributed by atoms with Gasteiger partial charge in [-0.05, 0) is 32.4 Å². The first-order valence-electron chi connectivity index (χ1n) is 6.99. The van der Waals surface area contributed by atoms with E-state index in [9.17, 15) is 4.79 Å². The van der Waals surface area contributed by atoms with Crippen molar-refractivity contribution in [2.24, 2.45) is 0 Å². The van der Waals surface area contributed by atoms with Crippen molar-refractivity contribution in [2.75, 3.05) is 13.1 Å². The molecular weight excluding hydrogens is 238 g/mol. The Kier molecular flexibility index (Phi) is 3.38. The zero-order valence-electron chi connectivity index (χ0n) is 11.3. The van der Waals surface area contributed by atoms with Crippen LogP contribution >= 0.6 is 0 Å². The molecule has 0 N–H and O–H groups in total. The van der Waals surface area contributed by atoms with E-state index >= 15 is 0 Å². The van der Waals surface area contributed by atoms with Crippen molar-refractivity contribution >= 4 is 16.8 Å². The maximum Gasteiger partial charge on any atom is 0.180 e. The van der Waals surface area contributed by atoms with Crippen LogP contribution in [0.5, 0.6) is 0 Å². The average Bonchev–Trinajstić information content (AvgIpc) is 2.85. The molecule has 100 valence electrons. The molecule has 1 aromatic carbocycles. The summed E-state index contributed by atoms with van der Waals surface area (Å²) in [5, 5.41) is 0.928. The molecule has 1 unspecified atom stereocenters. The van der Waals surface area contributed by atoms with Gasteiger partial charge in [-0.3, -0.25) is 9.69 Å². The van der Waals surface area contributed by atoms with Crippen LogP contribution in [0.4, 0.5) is 0 Å². The summed E-state index contributed by atoms with van der Waals surface area (Å²) in [4.78, 5) is 14.7. The second-order valence-electron chi connectivity index (χ2n) is 5.38. The first kappa shape index (κ1) is 12.4. The fourth-order valence-corrected chi connectivity index (χ4v) is 2.86. The van der Waals surface area contributed by atoms with Gasteiger partial charge in [0.05, 0.1) is 12.1 Å². The lowest BCUT2D eigenvalue weighted by Gasteiger charge is -2.32. The van der Waals surface area contributed by atoms with Gasteiger partial charge >= 0.3 is 0 Å². The molecule has 0 spiro atoms. The molecule has 1 saturated heterocycles. The number of hydrogen-bond acceptors (Lipinski definition) is 3. The number of para-hydroxylation sites is 1. The lowest BCUT2D eigenvalue weighted by Crippen LogP contribution is -2.40. The number of carbonyl (C=O) groups excluding carboxylic acids is 1. The maximum absolute atomic E-state index is 12.4. The summed E-state index contributed by atoms with van der Waals surface area (Å²) in [7, 11) is 0. The summed E-state index contributed by atoms with van der Waals surface area (Å²) >= 11 is 0. The molecule has 1 aromatic heterocycles. The van der Waals surface area contributed by atoms with Gasteiger partial charge < -0.3 is 4.42 Å². The molecule has 1 aliphatic rings. The maximum atomic E-state index is 12.4. The van der Waals surface area contributed by atoms with E-state index < -0.39 is 0 Å². The van der Waals surface area contributed by atoms with Gasteiger partial charge in [0.25, 0.3) is 0 Å². The molecule has 3 rings (SSSR count). The topological polar surface area (TPSA) is 33.5 Å². The van der Waals surface area contributed by atoms with Gasteiger partial charge in [-0.2, -0.15) is 0 Å². The van der Waals surface area contributed by atoms with Crippen molar-refractivity contribution in [1.29, 1.82) is 0 Å². The van der Waals surface area contributed by atoms with Gasteiger partial charge in [0.2, 0.25) is 0 Å². The van der Waals surface area contributed by atoms with E-state index in [1.54, 1.807) is 6.26 Å². The Morgan fingerprint density at radius 1 is 1.37 bits per heavy atom. The largest absolute Gasteiger partial charge is 0.464 e. The van der Waals surface area contributed by atoms with Gasteiger partial charge in [0, 0.05) is 11.4 Å². The van der Waals surface area contributed by atoms with Crippen LogP contribution in [0.25, 0.3) is 11.0 Å². The van der Waals surface area contributed by atoms with Crippen LogP contribution in [-0.2, 0) is 0 Å². The Labute approximate surface area is 113 Å². The molecule has 3 heteroatoms. The Hall–Kier alpha value is -1.61. The van der Waals surface area contributed by atoms with Gasteiger partial charge in [0.1, 0.15) is 11.8 Å². The molecule has 19 heavy (non-hydrogen) atoms. The molecule has 0 radical (unpaired) electrons. The van der Waals surface area contributed by atoms with Crippen LogP contribution in [0.2, 0.25) is 0 Å². The third-order valence-corrected chi connectivity index (χ3v) is 4.07. The summed E-state index contributed by atoms with van der Waals surface area (Å²) in [6, 6.07) is 8.22. The zero-order chi connectivity index (χ0) is 13.2. The van der Waals surface area contributed by atoms with Crippen molar-refractivity contribution in [2.45, 2.75) is 32.2 Å². The van der Waals surface area contributed by atoms with Crippen LogP contribution < -0.4 is 0 Å². The van der Waals surface area contributed by atoms with Crippen LogP contribution in [-0.4, -0.2) is 29.8 Å². The Morgan fingerprint density at radius 2 is 2.21 bits per heavy atom. The van der Waals surface area contributed by atoms with E-state index in [1.807, 2.05) is 24.3 Å². The highest BCUT2D eigenvalue weighted by molar-refractivity contribution is 6.08. The minimum atomic E-state index is 0.165. The van der Waals surface area contributed by atoms with E-state index in [4.69, 9.17) is 4.42 Å². The van der Waals surface area contributed by atoms with E-state index in [1.165, 1.54) is 19.3 Å². The summed E-state index contributed by atoms with van der Waals surface area (Å²) < 4.78 is 5.45.